The van der Waals surface area contributed by atoms with Crippen LogP contribution in [0.2, 0.25) is 0 Å². The maximum Gasteiger partial charge on any atom is 0.259 e. The molecule has 0 aliphatic rings. The Morgan fingerprint density at radius 2 is 0.930 bits per heavy atom. The molecule has 0 aliphatic heterocycles. The third kappa shape index (κ3) is 13.4. The molecule has 0 radical (unpaired) electrons. The average molecular weight is 891 g/mol. The zero-order valence-electron chi connectivity index (χ0n) is 31.7. The van der Waals surface area contributed by atoms with Crippen LogP contribution >= 0.6 is 31.9 Å². The van der Waals surface area contributed by atoms with Crippen molar-refractivity contribution in [2.45, 2.75) is 25.7 Å². The number of fused-ring (bicyclic) bond motifs is 2. The van der Waals surface area contributed by atoms with Crippen molar-refractivity contribution >= 4 is 89.0 Å². The molecule has 0 heterocycles. The summed E-state index contributed by atoms with van der Waals surface area (Å²) in [6, 6.07) is 44.5. The Hall–Kier alpha value is -5.36. The van der Waals surface area contributed by atoms with Crippen LogP contribution in [-0.2, 0) is 14.3 Å². The molecule has 0 aliphatic carbocycles. The Labute approximate surface area is 351 Å². The van der Waals surface area contributed by atoms with Crippen molar-refractivity contribution < 1.29 is 14.3 Å². The molecular weight excluding hydrogens is 844 g/mol. The molecule has 11 heteroatoms. The third-order valence-corrected chi connectivity index (χ3v) is 10.4. The number of nitrogens with one attached hydrogen (secondary N) is 2. The van der Waals surface area contributed by atoms with E-state index >= 15 is 0 Å². The first-order valence-corrected chi connectivity index (χ1v) is 20.7. The number of carbonyl (C=O) groups excluding carboxylic acids is 2. The first kappa shape index (κ1) is 41.3. The van der Waals surface area contributed by atoms with Crippen LogP contribution in [0, 0.1) is 0 Å². The van der Waals surface area contributed by atoms with E-state index in [4.69, 9.17) is 4.74 Å². The van der Waals surface area contributed by atoms with Crippen LogP contribution in [0.4, 0.5) is 11.4 Å². The van der Waals surface area contributed by atoms with E-state index in [1.807, 2.05) is 72.8 Å². The Bertz CT molecular complexity index is 2120. The largest absolute Gasteiger partial charge is 0.381 e. The highest BCUT2D eigenvalue weighted by Gasteiger charge is 2.14. The smallest absolute Gasteiger partial charge is 0.259 e. The minimum atomic E-state index is -0.184. The summed E-state index contributed by atoms with van der Waals surface area (Å²) in [6.07, 6.45) is 6.72. The zero-order chi connectivity index (χ0) is 39.7. The molecule has 0 aromatic heterocycles. The van der Waals surface area contributed by atoms with Gasteiger partial charge in [-0.05, 0) is 107 Å². The molecule has 9 nitrogen and oxygen atoms in total. The Kier molecular flexibility index (Phi) is 15.8. The third-order valence-electron chi connectivity index (χ3n) is 9.34. The van der Waals surface area contributed by atoms with E-state index in [0.29, 0.717) is 26.3 Å². The van der Waals surface area contributed by atoms with Gasteiger partial charge in [-0.2, -0.15) is 10.2 Å². The van der Waals surface area contributed by atoms with E-state index < -0.39 is 0 Å². The van der Waals surface area contributed by atoms with Gasteiger partial charge < -0.3 is 14.5 Å². The van der Waals surface area contributed by atoms with Crippen LogP contribution in [0.3, 0.4) is 0 Å². The molecule has 2 N–H and O–H groups in total. The lowest BCUT2D eigenvalue weighted by molar-refractivity contribution is -0.120. The number of halogens is 2. The Morgan fingerprint density at radius 3 is 1.35 bits per heavy atom. The molecule has 6 aromatic rings. The van der Waals surface area contributed by atoms with Gasteiger partial charge in [-0.25, -0.2) is 10.9 Å². The molecule has 0 fully saturated rings. The van der Waals surface area contributed by atoms with Crippen LogP contribution in [-0.4, -0.2) is 63.6 Å². The predicted octanol–water partition coefficient (Wildman–Crippen LogP) is 9.71. The highest BCUT2D eigenvalue weighted by Crippen LogP contribution is 2.24. The lowest BCUT2D eigenvalue weighted by atomic mass is 10.1. The Morgan fingerprint density at radius 1 is 0.526 bits per heavy atom. The minimum absolute atomic E-state index is 0.181. The zero-order valence-corrected chi connectivity index (χ0v) is 34.9. The second-order valence-corrected chi connectivity index (χ2v) is 15.5. The van der Waals surface area contributed by atoms with Gasteiger partial charge in [0.15, 0.2) is 0 Å². The van der Waals surface area contributed by atoms with Crippen molar-refractivity contribution in [1.29, 1.82) is 0 Å². The molecule has 57 heavy (non-hydrogen) atoms. The number of nitrogens with zero attached hydrogens (tertiary/aromatic N) is 4. The normalized spacial score (nSPS) is 11.4. The van der Waals surface area contributed by atoms with Crippen LogP contribution in [0.1, 0.15) is 36.8 Å². The summed E-state index contributed by atoms with van der Waals surface area (Å²) in [5.41, 5.74) is 9.14. The lowest BCUT2D eigenvalue weighted by Crippen LogP contribution is -2.36. The van der Waals surface area contributed by atoms with Crippen LogP contribution in [0.5, 0.6) is 0 Å². The second-order valence-electron chi connectivity index (χ2n) is 13.6. The van der Waals surface area contributed by atoms with E-state index in [-0.39, 0.29) is 24.9 Å². The van der Waals surface area contributed by atoms with E-state index in [1.54, 1.807) is 12.4 Å². The molecule has 6 rings (SSSR count). The molecule has 0 unspecified atom stereocenters. The highest BCUT2D eigenvalue weighted by atomic mass is 79.9. The van der Waals surface area contributed by atoms with Crippen molar-refractivity contribution in [3.8, 4) is 0 Å². The van der Waals surface area contributed by atoms with Crippen LogP contribution in [0.15, 0.2) is 153 Å². The summed E-state index contributed by atoms with van der Waals surface area (Å²) in [5, 5.41) is 12.9. The van der Waals surface area contributed by atoms with Crippen molar-refractivity contribution in [3.63, 3.8) is 0 Å². The lowest BCUT2D eigenvalue weighted by Gasteiger charge is -2.24. The minimum Gasteiger partial charge on any atom is -0.381 e. The van der Waals surface area contributed by atoms with E-state index in [1.165, 1.54) is 0 Å². The standard InChI is InChI=1S/C46H46Br2N6O3/c47-41-19-13-35(14-20-41)31-49-51-45(55)33-53(43-23-17-37-9-1-3-11-39(37)29-43)25-5-7-27-57-28-8-6-26-54(44-24-18-38-10-2-4-12-40(38)30-44)34-46(56)52-50-32-36-15-21-42(48)22-16-36/h1-4,9-24,29-32H,5-8,25-28,33-34H2,(H,51,55)(H,52,56)/b49-31+,50-32+. The number of rotatable bonds is 20. The van der Waals surface area contributed by atoms with Gasteiger partial charge in [0.05, 0.1) is 25.5 Å². The molecule has 6 aromatic carbocycles. The molecule has 0 saturated heterocycles. The van der Waals surface area contributed by atoms with Gasteiger partial charge in [-0.3, -0.25) is 9.59 Å². The topological polar surface area (TPSA) is 98.6 Å². The van der Waals surface area contributed by atoms with Crippen molar-refractivity contribution in [3.05, 3.63) is 154 Å². The number of benzene rings is 6. The second kappa shape index (κ2) is 21.8. The average Bonchev–Trinajstić information content (AvgIpc) is 3.23. The number of hydrazone groups is 2. The molecule has 0 saturated carbocycles. The van der Waals surface area contributed by atoms with Crippen LogP contribution in [0.25, 0.3) is 21.5 Å². The first-order chi connectivity index (χ1) is 27.9. The molecular formula is C46H46Br2N6O3. The van der Waals surface area contributed by atoms with Gasteiger partial charge in [0, 0.05) is 46.6 Å². The number of carbonyl (C=O) groups is 2. The maximum absolute atomic E-state index is 13.0. The van der Waals surface area contributed by atoms with Gasteiger partial charge in [0.25, 0.3) is 11.8 Å². The van der Waals surface area contributed by atoms with Gasteiger partial charge in [0.2, 0.25) is 0 Å². The summed E-state index contributed by atoms with van der Waals surface area (Å²) < 4.78 is 8.02. The predicted molar refractivity (Wildman–Crippen MR) is 241 cm³/mol. The maximum atomic E-state index is 13.0. The first-order valence-electron chi connectivity index (χ1n) is 19.1. The number of amides is 2. The molecule has 2 amide bonds. The molecule has 0 atom stereocenters. The number of ether oxygens (including phenoxy) is 1. The SMILES string of the molecule is O=C(CN(CCCCOCCCCN(CC(=O)N/N=C/c1ccc(Br)cc1)c1ccc2ccccc2c1)c1ccc2ccccc2c1)N/N=C/c1ccc(Br)cc1. The quantitative estimate of drug-likeness (QED) is 0.0452. The van der Waals surface area contributed by atoms with Crippen molar-refractivity contribution in [2.24, 2.45) is 10.2 Å². The summed E-state index contributed by atoms with van der Waals surface area (Å²) in [6.45, 7) is 3.01. The number of anilines is 2. The molecule has 0 bridgehead atoms. The number of hydrogen-bond acceptors (Lipinski definition) is 7. The van der Waals surface area contributed by atoms with E-state index in [9.17, 15) is 9.59 Å². The van der Waals surface area contributed by atoms with Crippen molar-refractivity contribution in [1.82, 2.24) is 10.9 Å². The highest BCUT2D eigenvalue weighted by molar-refractivity contribution is 9.10. The van der Waals surface area contributed by atoms with Gasteiger partial charge in [-0.1, -0.05) is 117 Å². The number of hydrogen-bond donors (Lipinski definition) is 2. The summed E-state index contributed by atoms with van der Waals surface area (Å²) in [5.74, 6) is -0.368. The van der Waals surface area contributed by atoms with Crippen molar-refractivity contribution in [2.75, 3.05) is 49.2 Å². The summed E-state index contributed by atoms with van der Waals surface area (Å²) in [4.78, 5) is 30.2. The van der Waals surface area contributed by atoms with E-state index in [0.717, 1.165) is 78.7 Å². The summed E-state index contributed by atoms with van der Waals surface area (Å²) >= 11 is 6.87. The fourth-order valence-corrected chi connectivity index (χ4v) is 6.86. The molecule has 0 spiro atoms. The van der Waals surface area contributed by atoms with Gasteiger partial charge in [0.1, 0.15) is 0 Å². The Balaban J connectivity index is 0.963. The van der Waals surface area contributed by atoms with Gasteiger partial charge >= 0.3 is 0 Å². The summed E-state index contributed by atoms with van der Waals surface area (Å²) in [7, 11) is 0. The monoisotopic (exact) mass is 888 g/mol. The number of unbranched alkanes of at least 4 members (excludes halogenated alkanes) is 2. The van der Waals surface area contributed by atoms with E-state index in [2.05, 4.69) is 123 Å². The molecule has 292 valence electrons. The fourth-order valence-electron chi connectivity index (χ4n) is 6.33. The fraction of sp³-hybridized carbons (Fsp3) is 0.217. The van der Waals surface area contributed by atoms with Crippen LogP contribution < -0.4 is 20.7 Å². The van der Waals surface area contributed by atoms with Gasteiger partial charge in [-0.15, -0.1) is 0 Å².